The zero-order valence-corrected chi connectivity index (χ0v) is 13.8. The molecular weight excluding hydrogens is 302 g/mol. The smallest absolute Gasteiger partial charge is 0.232 e. The molecule has 1 aromatic heterocycles. The van der Waals surface area contributed by atoms with E-state index in [1.54, 1.807) is 11.8 Å². The van der Waals surface area contributed by atoms with Crippen LogP contribution in [0.3, 0.4) is 0 Å². The van der Waals surface area contributed by atoms with Crippen LogP contribution in [0.1, 0.15) is 23.2 Å². The minimum absolute atomic E-state index is 0.338. The van der Waals surface area contributed by atoms with Gasteiger partial charge in [-0.15, -0.1) is 11.8 Å². The maximum Gasteiger partial charge on any atom is 0.232 e. The molecule has 0 saturated carbocycles. The van der Waals surface area contributed by atoms with Crippen LogP contribution in [0.4, 0.5) is 0 Å². The summed E-state index contributed by atoms with van der Waals surface area (Å²) < 4.78 is 5.47. The molecule has 2 atom stereocenters. The second-order valence-corrected chi connectivity index (χ2v) is 7.32. The summed E-state index contributed by atoms with van der Waals surface area (Å²) in [6.07, 6.45) is 0. The van der Waals surface area contributed by atoms with Crippen LogP contribution in [0.15, 0.2) is 33.7 Å². The molecule has 0 bridgehead atoms. The van der Waals surface area contributed by atoms with Crippen molar-refractivity contribution < 1.29 is 4.52 Å². The Hall–Kier alpha value is -0.980. The van der Waals surface area contributed by atoms with Crippen molar-refractivity contribution in [2.24, 2.45) is 0 Å². The van der Waals surface area contributed by atoms with Gasteiger partial charge in [0, 0.05) is 22.4 Å². The molecule has 1 fully saturated rings. The van der Waals surface area contributed by atoms with Crippen molar-refractivity contribution >= 4 is 23.5 Å². The van der Waals surface area contributed by atoms with Gasteiger partial charge in [-0.3, -0.25) is 0 Å². The third-order valence-corrected chi connectivity index (χ3v) is 5.79. The van der Waals surface area contributed by atoms with E-state index in [9.17, 15) is 0 Å². The Balaban J connectivity index is 1.63. The number of nitrogens with one attached hydrogen (secondary N) is 1. The lowest BCUT2D eigenvalue weighted by Gasteiger charge is -2.13. The van der Waals surface area contributed by atoms with Gasteiger partial charge in [0.05, 0.1) is 11.7 Å². The molecule has 1 aromatic carbocycles. The van der Waals surface area contributed by atoms with Gasteiger partial charge >= 0.3 is 0 Å². The number of thioether (sulfide) groups is 2. The van der Waals surface area contributed by atoms with E-state index in [-0.39, 0.29) is 0 Å². The maximum atomic E-state index is 5.47. The second-order valence-electron chi connectivity index (χ2n) is 5.19. The molecular formula is C15H19N3OS2. The number of hydrogen-bond acceptors (Lipinski definition) is 6. The summed E-state index contributed by atoms with van der Waals surface area (Å²) in [5, 5.41) is 7.46. The van der Waals surface area contributed by atoms with Crippen LogP contribution in [0, 0.1) is 6.92 Å². The molecule has 1 aliphatic heterocycles. The van der Waals surface area contributed by atoms with Gasteiger partial charge in [0.2, 0.25) is 5.89 Å². The summed E-state index contributed by atoms with van der Waals surface area (Å²) >= 11 is 3.68. The molecule has 0 spiro atoms. The van der Waals surface area contributed by atoms with Crippen LogP contribution >= 0.6 is 23.5 Å². The monoisotopic (exact) mass is 321 g/mol. The Labute approximate surface area is 133 Å². The Morgan fingerprint density at radius 2 is 2.33 bits per heavy atom. The Morgan fingerprint density at radius 1 is 1.43 bits per heavy atom. The molecule has 0 radical (unpaired) electrons. The first-order chi connectivity index (χ1) is 10.3. The van der Waals surface area contributed by atoms with Crippen molar-refractivity contribution in [1.82, 2.24) is 15.5 Å². The van der Waals surface area contributed by atoms with Gasteiger partial charge in [-0.25, -0.2) is 0 Å². The lowest BCUT2D eigenvalue weighted by Crippen LogP contribution is -2.31. The number of rotatable bonds is 5. The molecule has 2 aromatic rings. The van der Waals surface area contributed by atoms with Crippen LogP contribution in [0.25, 0.3) is 0 Å². The van der Waals surface area contributed by atoms with E-state index in [0.717, 1.165) is 29.0 Å². The van der Waals surface area contributed by atoms with Gasteiger partial charge in [0.1, 0.15) is 0 Å². The lowest BCUT2D eigenvalue weighted by atomic mass is 10.0. The van der Waals surface area contributed by atoms with E-state index in [4.69, 9.17) is 4.52 Å². The summed E-state index contributed by atoms with van der Waals surface area (Å²) in [5.74, 6) is 4.80. The fourth-order valence-corrected chi connectivity index (χ4v) is 4.69. The molecule has 1 N–H and O–H groups in total. The highest BCUT2D eigenvalue weighted by atomic mass is 32.2. The molecule has 1 saturated heterocycles. The van der Waals surface area contributed by atoms with Gasteiger partial charge in [0.25, 0.3) is 0 Å². The normalized spacial score (nSPS) is 21.8. The second kappa shape index (κ2) is 6.85. The minimum atomic E-state index is 0.338. The van der Waals surface area contributed by atoms with Crippen molar-refractivity contribution in [2.45, 2.75) is 29.5 Å². The summed E-state index contributed by atoms with van der Waals surface area (Å²) in [5.41, 5.74) is 1.27. The third-order valence-electron chi connectivity index (χ3n) is 3.61. The van der Waals surface area contributed by atoms with E-state index in [0.29, 0.717) is 12.0 Å². The summed E-state index contributed by atoms with van der Waals surface area (Å²) in [7, 11) is 1.99. The van der Waals surface area contributed by atoms with Crippen LogP contribution in [0.2, 0.25) is 0 Å². The molecule has 112 valence electrons. The summed E-state index contributed by atoms with van der Waals surface area (Å²) in [6.45, 7) is 2.10. The lowest BCUT2D eigenvalue weighted by molar-refractivity contribution is 0.341. The molecule has 21 heavy (non-hydrogen) atoms. The number of benzene rings is 1. The van der Waals surface area contributed by atoms with Crippen molar-refractivity contribution in [3.05, 3.63) is 41.5 Å². The zero-order valence-electron chi connectivity index (χ0n) is 12.2. The fraction of sp³-hybridized carbons (Fsp3) is 0.467. The number of likely N-dealkylation sites (N-methyl/N-ethyl adjacent to an activating group) is 1. The number of aryl methyl sites for hydroxylation is 1. The molecule has 4 nitrogen and oxygen atoms in total. The van der Waals surface area contributed by atoms with Crippen molar-refractivity contribution in [2.75, 3.05) is 18.6 Å². The fourth-order valence-electron chi connectivity index (χ4n) is 2.41. The molecule has 0 amide bonds. The first kappa shape index (κ1) is 14.9. The predicted molar refractivity (Wildman–Crippen MR) is 88.0 cm³/mol. The van der Waals surface area contributed by atoms with Crippen molar-refractivity contribution in [3.63, 3.8) is 0 Å². The first-order valence-electron chi connectivity index (χ1n) is 7.03. The predicted octanol–water partition coefficient (Wildman–Crippen LogP) is 3.09. The molecule has 1 aliphatic rings. The molecule has 2 unspecified atom stereocenters. The molecule has 0 aliphatic carbocycles. The average molecular weight is 321 g/mol. The van der Waals surface area contributed by atoms with E-state index in [2.05, 4.69) is 46.6 Å². The van der Waals surface area contributed by atoms with Crippen molar-refractivity contribution in [1.29, 1.82) is 0 Å². The zero-order chi connectivity index (χ0) is 14.7. The van der Waals surface area contributed by atoms with Gasteiger partial charge in [-0.2, -0.15) is 16.7 Å². The largest absolute Gasteiger partial charge is 0.339 e. The Bertz CT molecular complexity index is 602. The topological polar surface area (TPSA) is 51.0 Å². The molecule has 3 rings (SSSR count). The van der Waals surface area contributed by atoms with E-state index in [1.807, 2.05) is 18.8 Å². The van der Waals surface area contributed by atoms with E-state index >= 15 is 0 Å². The SMILES string of the molecule is CNC1CSCC1c1nc(CSc2cccc(C)c2)no1. The number of nitrogens with zero attached hydrogens (tertiary/aromatic N) is 2. The Morgan fingerprint density at radius 3 is 3.14 bits per heavy atom. The highest BCUT2D eigenvalue weighted by Crippen LogP contribution is 2.32. The molecule has 6 heteroatoms. The highest BCUT2D eigenvalue weighted by molar-refractivity contribution is 7.99. The first-order valence-corrected chi connectivity index (χ1v) is 9.17. The summed E-state index contributed by atoms with van der Waals surface area (Å²) in [6, 6.07) is 8.91. The average Bonchev–Trinajstić information content (AvgIpc) is 3.13. The number of hydrogen-bond donors (Lipinski definition) is 1. The van der Waals surface area contributed by atoms with Crippen LogP contribution < -0.4 is 5.32 Å². The third kappa shape index (κ3) is 3.62. The van der Waals surface area contributed by atoms with Gasteiger partial charge in [-0.05, 0) is 26.1 Å². The van der Waals surface area contributed by atoms with Gasteiger partial charge in [-0.1, -0.05) is 22.9 Å². The molecule has 2 heterocycles. The van der Waals surface area contributed by atoms with Crippen LogP contribution in [-0.2, 0) is 5.75 Å². The van der Waals surface area contributed by atoms with Crippen molar-refractivity contribution in [3.8, 4) is 0 Å². The summed E-state index contributed by atoms with van der Waals surface area (Å²) in [4.78, 5) is 5.82. The van der Waals surface area contributed by atoms with E-state index in [1.165, 1.54) is 10.5 Å². The quantitative estimate of drug-likeness (QED) is 0.854. The minimum Gasteiger partial charge on any atom is -0.339 e. The standard InChI is InChI=1S/C15H19N3OS2/c1-10-4-3-5-11(6-10)21-9-14-17-15(19-18-14)12-7-20-8-13(12)16-2/h3-6,12-13,16H,7-9H2,1-2H3. The number of aromatic nitrogens is 2. The van der Waals surface area contributed by atoms with E-state index < -0.39 is 0 Å². The van der Waals surface area contributed by atoms with Gasteiger partial charge in [0.15, 0.2) is 5.82 Å². The maximum absolute atomic E-state index is 5.47. The van der Waals surface area contributed by atoms with Gasteiger partial charge < -0.3 is 9.84 Å². The van der Waals surface area contributed by atoms with Crippen LogP contribution in [-0.4, -0.2) is 34.7 Å². The van der Waals surface area contributed by atoms with Crippen LogP contribution in [0.5, 0.6) is 0 Å². The highest BCUT2D eigenvalue weighted by Gasteiger charge is 2.32. The Kier molecular flexibility index (Phi) is 4.87.